The second-order valence-electron chi connectivity index (χ2n) is 7.21. The Bertz CT molecular complexity index is 1170. The van der Waals surface area contributed by atoms with Gasteiger partial charge in [0.05, 0.1) is 6.61 Å². The number of oxime groups is 1. The molecule has 200 valence electrons. The molecule has 0 saturated carbocycles. The number of nitrogens with zero attached hydrogens (tertiary/aromatic N) is 3. The van der Waals surface area contributed by atoms with Gasteiger partial charge in [-0.15, -0.1) is 23.1 Å². The van der Waals surface area contributed by atoms with Gasteiger partial charge in [0.1, 0.15) is 29.4 Å². The summed E-state index contributed by atoms with van der Waals surface area (Å²) in [5.41, 5.74) is 10.0. The number of aromatic nitrogens is 1. The van der Waals surface area contributed by atoms with E-state index in [1.54, 1.807) is 6.92 Å². The highest BCUT2D eigenvalue weighted by Crippen LogP contribution is 2.41. The molecule has 3 amide bonds. The quantitative estimate of drug-likeness (QED) is 0.0581. The Morgan fingerprint density at radius 3 is 2.65 bits per heavy atom. The summed E-state index contributed by atoms with van der Waals surface area (Å²) in [6.07, 6.45) is -3.56. The minimum absolute atomic E-state index is 0.00747. The number of carbonyl (C=O) groups is 5. The van der Waals surface area contributed by atoms with Gasteiger partial charge < -0.3 is 40.9 Å². The first kappa shape index (κ1) is 27.5. The lowest BCUT2D eigenvalue weighted by molar-refractivity contribution is -0.169. The number of esters is 1. The molecular formula is C19H22N6O10S2. The largest absolute Gasteiger partial charge is 0.511 e. The molecule has 0 aliphatic carbocycles. The number of carbonyl (C=O) groups excluding carboxylic acids is 5. The number of anilines is 1. The first-order valence-corrected chi connectivity index (χ1v) is 12.4. The summed E-state index contributed by atoms with van der Waals surface area (Å²) in [4.78, 5) is 66.2. The third kappa shape index (κ3) is 6.20. The Hall–Kier alpha value is -4.06. The lowest BCUT2D eigenvalue weighted by Crippen LogP contribution is -2.71. The maximum atomic E-state index is 13.0. The number of ether oxygens (including phenoxy) is 4. The summed E-state index contributed by atoms with van der Waals surface area (Å²) in [6, 6.07) is -1.11. The number of nitrogens with one attached hydrogen (secondary N) is 1. The maximum Gasteiger partial charge on any atom is 0.511 e. The van der Waals surface area contributed by atoms with Crippen LogP contribution < -0.4 is 16.8 Å². The number of fused-ring (bicyclic) bond motifs is 1. The predicted molar refractivity (Wildman–Crippen MR) is 126 cm³/mol. The van der Waals surface area contributed by atoms with Crippen molar-refractivity contribution >= 4 is 64.0 Å². The maximum absolute atomic E-state index is 13.0. The summed E-state index contributed by atoms with van der Waals surface area (Å²) in [5, 5.41) is 15.4. The van der Waals surface area contributed by atoms with Crippen molar-refractivity contribution in [2.75, 3.05) is 24.7 Å². The summed E-state index contributed by atoms with van der Waals surface area (Å²) < 4.78 is 19.3. The predicted octanol–water partition coefficient (Wildman–Crippen LogP) is -0.285. The van der Waals surface area contributed by atoms with Crippen LogP contribution in [0.3, 0.4) is 0 Å². The number of hydrogen-bond acceptors (Lipinski definition) is 15. The van der Waals surface area contributed by atoms with E-state index in [2.05, 4.69) is 20.2 Å². The van der Waals surface area contributed by atoms with Gasteiger partial charge in [0.2, 0.25) is 6.29 Å². The van der Waals surface area contributed by atoms with Gasteiger partial charge in [-0.3, -0.25) is 14.5 Å². The Morgan fingerprint density at radius 1 is 1.32 bits per heavy atom. The summed E-state index contributed by atoms with van der Waals surface area (Å²) in [5.74, 6) is -2.57. The number of nitrogens with two attached hydrogens (primary N) is 2. The molecule has 0 aromatic carbocycles. The fourth-order valence-corrected chi connectivity index (χ4v) is 5.15. The second-order valence-corrected chi connectivity index (χ2v) is 9.21. The van der Waals surface area contributed by atoms with E-state index in [0.29, 0.717) is 0 Å². The number of amides is 3. The monoisotopic (exact) mass is 558 g/mol. The number of thioether (sulfide) groups is 1. The van der Waals surface area contributed by atoms with Crippen LogP contribution in [-0.2, 0) is 33.3 Å². The standard InChI is InChI=1S/C19H22N6O10S2/c1-3-32-19(30)35-7(2)34-16(28)12-8(4-33-18(21)29)5-36-15-11(14(27)25(12)15)23-13(26)10(24-31)9-6-37-17(20)22-9/h6-7,11,15,31H,3-5H2,1-2H3,(H2,20,22)(H2,21,29)(H,23,26)/b24-10-/t7?,11?,15-/m1/s1. The molecule has 0 bridgehead atoms. The second kappa shape index (κ2) is 11.8. The summed E-state index contributed by atoms with van der Waals surface area (Å²) in [7, 11) is 0. The first-order valence-electron chi connectivity index (χ1n) is 10.4. The van der Waals surface area contributed by atoms with Crippen LogP contribution >= 0.6 is 23.1 Å². The zero-order valence-corrected chi connectivity index (χ0v) is 21.0. The van der Waals surface area contributed by atoms with E-state index in [0.717, 1.165) is 28.0 Å². The molecule has 3 atom stereocenters. The van der Waals surface area contributed by atoms with Gasteiger partial charge in [0.15, 0.2) is 10.8 Å². The van der Waals surface area contributed by atoms with Crippen molar-refractivity contribution in [1.82, 2.24) is 15.2 Å². The minimum atomic E-state index is -1.38. The highest BCUT2D eigenvalue weighted by Gasteiger charge is 2.55. The Labute approximate surface area is 216 Å². The molecule has 2 aliphatic rings. The smallest absolute Gasteiger partial charge is 0.445 e. The average Bonchev–Trinajstić information content (AvgIpc) is 3.26. The molecule has 1 fully saturated rings. The number of primary amides is 1. The van der Waals surface area contributed by atoms with E-state index in [1.165, 1.54) is 12.3 Å². The average molecular weight is 559 g/mol. The fourth-order valence-electron chi connectivity index (χ4n) is 3.28. The number of hydrogen-bond donors (Lipinski definition) is 4. The zero-order chi connectivity index (χ0) is 27.3. The van der Waals surface area contributed by atoms with Gasteiger partial charge in [0, 0.05) is 23.6 Å². The third-order valence-electron chi connectivity index (χ3n) is 4.79. The van der Waals surface area contributed by atoms with Crippen LogP contribution in [0.1, 0.15) is 19.5 Å². The highest BCUT2D eigenvalue weighted by molar-refractivity contribution is 8.00. The summed E-state index contributed by atoms with van der Waals surface area (Å²) >= 11 is 2.17. The van der Waals surface area contributed by atoms with Gasteiger partial charge in [-0.25, -0.2) is 19.4 Å². The molecule has 6 N–H and O–H groups in total. The van der Waals surface area contributed by atoms with Crippen LogP contribution in [-0.4, -0.2) is 87.5 Å². The van der Waals surface area contributed by atoms with Crippen molar-refractivity contribution in [1.29, 1.82) is 0 Å². The molecule has 3 heterocycles. The molecule has 3 rings (SSSR count). The lowest BCUT2D eigenvalue weighted by Gasteiger charge is -2.49. The molecule has 1 aromatic heterocycles. The number of thiazole rings is 1. The van der Waals surface area contributed by atoms with E-state index in [-0.39, 0.29) is 34.5 Å². The van der Waals surface area contributed by atoms with Crippen LogP contribution in [0.2, 0.25) is 0 Å². The molecule has 0 spiro atoms. The normalized spacial score (nSPS) is 19.8. The lowest BCUT2D eigenvalue weighted by atomic mass is 10.0. The van der Waals surface area contributed by atoms with Crippen LogP contribution in [0.5, 0.6) is 0 Å². The van der Waals surface area contributed by atoms with Crippen molar-refractivity contribution in [3.63, 3.8) is 0 Å². The van der Waals surface area contributed by atoms with Gasteiger partial charge in [-0.1, -0.05) is 5.16 Å². The number of rotatable bonds is 9. The van der Waals surface area contributed by atoms with Gasteiger partial charge in [-0.2, -0.15) is 0 Å². The Kier molecular flexibility index (Phi) is 8.77. The minimum Gasteiger partial charge on any atom is -0.445 e. The van der Waals surface area contributed by atoms with Crippen LogP contribution in [0.25, 0.3) is 0 Å². The number of nitrogen functional groups attached to an aromatic ring is 1. The zero-order valence-electron chi connectivity index (χ0n) is 19.4. The third-order valence-corrected chi connectivity index (χ3v) is 6.81. The van der Waals surface area contributed by atoms with Crippen molar-refractivity contribution in [3.8, 4) is 0 Å². The van der Waals surface area contributed by atoms with Crippen molar-refractivity contribution in [3.05, 3.63) is 22.3 Å². The van der Waals surface area contributed by atoms with Gasteiger partial charge in [-0.05, 0) is 6.92 Å². The first-order chi connectivity index (χ1) is 17.6. The van der Waals surface area contributed by atoms with Gasteiger partial charge in [0.25, 0.3) is 11.8 Å². The SMILES string of the molecule is CCOC(=O)OC(C)OC(=O)C1=C(COC(N)=O)CS[C@@H]2C(NC(=O)/C(=N\O)c3csc(N)n3)C(=O)N12. The number of β-lactam (4-membered cyclic amide) rings is 1. The molecule has 1 saturated heterocycles. The topological polar surface area (TPSA) is 235 Å². The van der Waals surface area contributed by atoms with Crippen molar-refractivity contribution in [2.45, 2.75) is 31.6 Å². The van der Waals surface area contributed by atoms with E-state index >= 15 is 0 Å². The molecule has 37 heavy (non-hydrogen) atoms. The Morgan fingerprint density at radius 2 is 2.05 bits per heavy atom. The molecule has 0 radical (unpaired) electrons. The van der Waals surface area contributed by atoms with E-state index in [1.807, 2.05) is 0 Å². The van der Waals surface area contributed by atoms with E-state index in [9.17, 15) is 29.2 Å². The molecule has 16 nitrogen and oxygen atoms in total. The van der Waals surface area contributed by atoms with E-state index in [4.69, 9.17) is 25.7 Å². The van der Waals surface area contributed by atoms with Crippen LogP contribution in [0, 0.1) is 0 Å². The van der Waals surface area contributed by atoms with Gasteiger partial charge >= 0.3 is 18.2 Å². The molecule has 18 heteroatoms. The van der Waals surface area contributed by atoms with Crippen LogP contribution in [0.4, 0.5) is 14.7 Å². The molecule has 2 unspecified atom stereocenters. The summed E-state index contributed by atoms with van der Waals surface area (Å²) in [6.45, 7) is 2.43. The highest BCUT2D eigenvalue weighted by atomic mass is 32.2. The molecule has 1 aromatic rings. The Balaban J connectivity index is 1.77. The van der Waals surface area contributed by atoms with Crippen molar-refractivity contribution < 1.29 is 48.1 Å². The van der Waals surface area contributed by atoms with Crippen molar-refractivity contribution in [2.24, 2.45) is 10.9 Å². The van der Waals surface area contributed by atoms with E-state index < -0.39 is 60.1 Å². The molecular weight excluding hydrogens is 536 g/mol. The fraction of sp³-hybridized carbons (Fsp3) is 0.421. The molecule has 2 aliphatic heterocycles. The van der Waals surface area contributed by atoms with Crippen LogP contribution in [0.15, 0.2) is 21.8 Å².